The molecule has 0 nitrogen and oxygen atoms in total. The number of rotatable bonds is 3. The molecule has 0 N–H and O–H groups in total. The standard InChI is InChI=1S/C17H25Cl/c1-13-7-9-14(10-8-13)12-16(18)15-6-4-5-11-17(15,2)3/h7-10,15-16H,4-6,11-12H2,1-3H3. The zero-order valence-corrected chi connectivity index (χ0v) is 12.6. The predicted molar refractivity (Wildman–Crippen MR) is 80.3 cm³/mol. The van der Waals surface area contributed by atoms with Crippen LogP contribution in [0.5, 0.6) is 0 Å². The van der Waals surface area contributed by atoms with E-state index < -0.39 is 0 Å². The Morgan fingerprint density at radius 1 is 1.22 bits per heavy atom. The summed E-state index contributed by atoms with van der Waals surface area (Å²) in [7, 11) is 0. The Morgan fingerprint density at radius 2 is 1.89 bits per heavy atom. The molecule has 1 saturated carbocycles. The van der Waals surface area contributed by atoms with E-state index in [0.717, 1.165) is 6.42 Å². The fourth-order valence-electron chi connectivity index (χ4n) is 3.28. The molecule has 1 heteroatoms. The van der Waals surface area contributed by atoms with Crippen molar-refractivity contribution in [1.82, 2.24) is 0 Å². The van der Waals surface area contributed by atoms with E-state index in [-0.39, 0.29) is 5.38 Å². The summed E-state index contributed by atoms with van der Waals surface area (Å²) < 4.78 is 0. The third-order valence-electron chi connectivity index (χ3n) is 4.58. The maximum atomic E-state index is 6.72. The van der Waals surface area contributed by atoms with Crippen LogP contribution in [-0.2, 0) is 6.42 Å². The molecule has 0 aromatic heterocycles. The first-order valence-corrected chi connectivity index (χ1v) is 7.62. The molecule has 2 rings (SSSR count). The van der Waals surface area contributed by atoms with Gasteiger partial charge in [0.2, 0.25) is 0 Å². The van der Waals surface area contributed by atoms with Crippen LogP contribution in [-0.4, -0.2) is 5.38 Å². The van der Waals surface area contributed by atoms with Crippen molar-refractivity contribution in [2.24, 2.45) is 11.3 Å². The first-order chi connectivity index (χ1) is 8.49. The Labute approximate surface area is 117 Å². The van der Waals surface area contributed by atoms with Crippen LogP contribution in [0.4, 0.5) is 0 Å². The third kappa shape index (κ3) is 3.29. The molecule has 0 radical (unpaired) electrons. The number of aryl methyl sites for hydroxylation is 1. The predicted octanol–water partition coefficient (Wildman–Crippen LogP) is 5.36. The summed E-state index contributed by atoms with van der Waals surface area (Å²) in [5.74, 6) is 0.661. The molecule has 1 aromatic carbocycles. The SMILES string of the molecule is Cc1ccc(CC(Cl)C2CCCCC2(C)C)cc1. The van der Waals surface area contributed by atoms with Crippen molar-refractivity contribution in [3.63, 3.8) is 0 Å². The van der Waals surface area contributed by atoms with Crippen LogP contribution in [0.1, 0.15) is 50.7 Å². The molecule has 0 bridgehead atoms. The van der Waals surface area contributed by atoms with E-state index >= 15 is 0 Å². The minimum absolute atomic E-state index is 0.281. The van der Waals surface area contributed by atoms with Gasteiger partial charge in [-0.3, -0.25) is 0 Å². The van der Waals surface area contributed by atoms with Gasteiger partial charge in [-0.25, -0.2) is 0 Å². The smallest absolute Gasteiger partial charge is 0.0409 e. The van der Waals surface area contributed by atoms with Crippen LogP contribution in [0.25, 0.3) is 0 Å². The Morgan fingerprint density at radius 3 is 2.50 bits per heavy atom. The summed E-state index contributed by atoms with van der Waals surface area (Å²) in [5.41, 5.74) is 3.11. The lowest BCUT2D eigenvalue weighted by atomic mass is 9.67. The normalized spacial score (nSPS) is 24.8. The van der Waals surface area contributed by atoms with Crippen LogP contribution < -0.4 is 0 Å². The lowest BCUT2D eigenvalue weighted by molar-refractivity contribution is 0.133. The fourth-order valence-corrected chi connectivity index (χ4v) is 3.93. The van der Waals surface area contributed by atoms with E-state index in [4.69, 9.17) is 11.6 Å². The summed E-state index contributed by atoms with van der Waals surface area (Å²) in [6.45, 7) is 6.91. The highest BCUT2D eigenvalue weighted by Crippen LogP contribution is 2.44. The van der Waals surface area contributed by atoms with E-state index in [1.54, 1.807) is 0 Å². The zero-order valence-electron chi connectivity index (χ0n) is 11.9. The van der Waals surface area contributed by atoms with E-state index in [1.165, 1.54) is 36.8 Å². The van der Waals surface area contributed by atoms with Crippen LogP contribution in [0.15, 0.2) is 24.3 Å². The van der Waals surface area contributed by atoms with Crippen LogP contribution in [0.3, 0.4) is 0 Å². The molecule has 100 valence electrons. The van der Waals surface area contributed by atoms with Crippen molar-refractivity contribution < 1.29 is 0 Å². The van der Waals surface area contributed by atoms with Gasteiger partial charge >= 0.3 is 0 Å². The van der Waals surface area contributed by atoms with Gasteiger partial charge in [-0.15, -0.1) is 11.6 Å². The summed E-state index contributed by atoms with van der Waals surface area (Å²) >= 11 is 6.72. The maximum absolute atomic E-state index is 6.72. The molecular weight excluding hydrogens is 240 g/mol. The van der Waals surface area contributed by atoms with Gasteiger partial charge in [0.15, 0.2) is 0 Å². The molecule has 1 fully saturated rings. The maximum Gasteiger partial charge on any atom is 0.0409 e. The first kappa shape index (κ1) is 13.9. The fraction of sp³-hybridized carbons (Fsp3) is 0.647. The Kier molecular flexibility index (Phi) is 4.37. The lowest BCUT2D eigenvalue weighted by Crippen LogP contribution is -2.35. The van der Waals surface area contributed by atoms with Crippen molar-refractivity contribution in [1.29, 1.82) is 0 Å². The third-order valence-corrected chi connectivity index (χ3v) is 5.04. The average Bonchev–Trinajstić information content (AvgIpc) is 2.31. The molecule has 1 aromatic rings. The molecule has 18 heavy (non-hydrogen) atoms. The second kappa shape index (κ2) is 5.65. The van der Waals surface area contributed by atoms with Gasteiger partial charge in [0.05, 0.1) is 0 Å². The minimum atomic E-state index is 0.281. The van der Waals surface area contributed by atoms with Gasteiger partial charge in [0, 0.05) is 5.38 Å². The van der Waals surface area contributed by atoms with Gasteiger partial charge < -0.3 is 0 Å². The molecular formula is C17H25Cl. The van der Waals surface area contributed by atoms with E-state index in [1.807, 2.05) is 0 Å². The van der Waals surface area contributed by atoms with Gasteiger partial charge in [0.1, 0.15) is 0 Å². The lowest BCUT2D eigenvalue weighted by Gasteiger charge is -2.41. The van der Waals surface area contributed by atoms with E-state index in [2.05, 4.69) is 45.0 Å². The van der Waals surface area contributed by atoms with Gasteiger partial charge in [-0.2, -0.15) is 0 Å². The Bertz CT molecular complexity index is 377. The molecule has 0 amide bonds. The molecule has 0 heterocycles. The highest BCUT2D eigenvalue weighted by atomic mass is 35.5. The van der Waals surface area contributed by atoms with E-state index in [0.29, 0.717) is 11.3 Å². The van der Waals surface area contributed by atoms with Crippen LogP contribution in [0.2, 0.25) is 0 Å². The number of hydrogen-bond donors (Lipinski definition) is 0. The number of hydrogen-bond acceptors (Lipinski definition) is 0. The molecule has 0 aliphatic heterocycles. The Balaban J connectivity index is 2.02. The number of halogens is 1. The quantitative estimate of drug-likeness (QED) is 0.645. The molecule has 1 aliphatic rings. The number of benzene rings is 1. The minimum Gasteiger partial charge on any atom is -0.122 e. The molecule has 2 unspecified atom stereocenters. The van der Waals surface area contributed by atoms with E-state index in [9.17, 15) is 0 Å². The first-order valence-electron chi connectivity index (χ1n) is 7.19. The Hall–Kier alpha value is -0.490. The van der Waals surface area contributed by atoms with Gasteiger partial charge in [-0.1, -0.05) is 56.5 Å². The second-order valence-electron chi connectivity index (χ2n) is 6.55. The highest BCUT2D eigenvalue weighted by Gasteiger charge is 2.36. The van der Waals surface area contributed by atoms with Gasteiger partial charge in [0.25, 0.3) is 0 Å². The molecule has 2 atom stereocenters. The molecule has 1 aliphatic carbocycles. The summed E-state index contributed by atoms with van der Waals surface area (Å²) in [4.78, 5) is 0. The van der Waals surface area contributed by atoms with Crippen LogP contribution >= 0.6 is 11.6 Å². The molecule has 0 saturated heterocycles. The highest BCUT2D eigenvalue weighted by molar-refractivity contribution is 6.21. The number of alkyl halides is 1. The zero-order chi connectivity index (χ0) is 13.2. The summed E-state index contributed by atoms with van der Waals surface area (Å²) in [6, 6.07) is 8.82. The van der Waals surface area contributed by atoms with Crippen LogP contribution in [0, 0.1) is 18.3 Å². The summed E-state index contributed by atoms with van der Waals surface area (Å²) in [5, 5.41) is 0.281. The van der Waals surface area contributed by atoms with Crippen molar-refractivity contribution in [3.05, 3.63) is 35.4 Å². The van der Waals surface area contributed by atoms with Gasteiger partial charge in [-0.05, 0) is 43.1 Å². The largest absolute Gasteiger partial charge is 0.122 e. The van der Waals surface area contributed by atoms with Crippen molar-refractivity contribution in [2.45, 2.75) is 58.3 Å². The topological polar surface area (TPSA) is 0 Å². The summed E-state index contributed by atoms with van der Waals surface area (Å²) in [6.07, 6.45) is 6.36. The van der Waals surface area contributed by atoms with Crippen molar-refractivity contribution in [3.8, 4) is 0 Å². The average molecular weight is 265 g/mol. The monoisotopic (exact) mass is 264 g/mol. The van der Waals surface area contributed by atoms with Crippen molar-refractivity contribution >= 4 is 11.6 Å². The van der Waals surface area contributed by atoms with Crippen molar-refractivity contribution in [2.75, 3.05) is 0 Å². The molecule has 0 spiro atoms. The second-order valence-corrected chi connectivity index (χ2v) is 7.11.